The van der Waals surface area contributed by atoms with Crippen LogP contribution in [0.3, 0.4) is 0 Å². The Kier molecular flexibility index (Phi) is 7.36. The van der Waals surface area contributed by atoms with Gasteiger partial charge >= 0.3 is 0 Å². The Morgan fingerprint density at radius 3 is 2.34 bits per heavy atom. The van der Waals surface area contributed by atoms with Gasteiger partial charge in [-0.1, -0.05) is 38.5 Å². The van der Waals surface area contributed by atoms with Crippen molar-refractivity contribution in [3.05, 3.63) is 77.9 Å². The van der Waals surface area contributed by atoms with Crippen LogP contribution in [0.25, 0.3) is 22.4 Å². The van der Waals surface area contributed by atoms with Gasteiger partial charge in [-0.25, -0.2) is 13.4 Å². The number of benzene rings is 3. The lowest BCUT2D eigenvalue weighted by Gasteiger charge is -2.10. The molecule has 182 valence electrons. The van der Waals surface area contributed by atoms with Crippen LogP contribution >= 0.6 is 0 Å². The Labute approximate surface area is 206 Å². The fourth-order valence-corrected chi connectivity index (χ4v) is 4.95. The minimum Gasteiger partial charge on any atom is -0.326 e. The van der Waals surface area contributed by atoms with Crippen molar-refractivity contribution in [2.45, 2.75) is 51.5 Å². The molecule has 0 bridgehead atoms. The Bertz CT molecular complexity index is 1440. The van der Waals surface area contributed by atoms with Gasteiger partial charge in [0.15, 0.2) is 9.84 Å². The third kappa shape index (κ3) is 5.62. The second-order valence-corrected chi connectivity index (χ2v) is 11.1. The first-order valence-corrected chi connectivity index (χ1v) is 13.6. The topological polar surface area (TPSA) is 81.1 Å². The summed E-state index contributed by atoms with van der Waals surface area (Å²) in [6.07, 6.45) is 2.35. The molecule has 1 N–H and O–H groups in total. The number of nitrogens with one attached hydrogen (secondary N) is 1. The van der Waals surface area contributed by atoms with E-state index >= 15 is 0 Å². The highest BCUT2D eigenvalue weighted by Gasteiger charge is 2.14. The van der Waals surface area contributed by atoms with Gasteiger partial charge in [-0.15, -0.1) is 0 Å². The number of imidazole rings is 1. The van der Waals surface area contributed by atoms with Crippen molar-refractivity contribution in [2.75, 3.05) is 11.1 Å². The maximum Gasteiger partial charge on any atom is 0.228 e. The van der Waals surface area contributed by atoms with Crippen molar-refractivity contribution in [1.82, 2.24) is 9.55 Å². The summed E-state index contributed by atoms with van der Waals surface area (Å²) in [6, 6.07) is 20.6. The van der Waals surface area contributed by atoms with Gasteiger partial charge in [-0.3, -0.25) is 4.79 Å². The second kappa shape index (κ2) is 10.4. The second-order valence-electron chi connectivity index (χ2n) is 8.78. The monoisotopic (exact) mass is 489 g/mol. The van der Waals surface area contributed by atoms with Crippen LogP contribution in [0.1, 0.15) is 37.8 Å². The van der Waals surface area contributed by atoms with E-state index < -0.39 is 9.84 Å². The lowest BCUT2D eigenvalue weighted by Crippen LogP contribution is -2.14. The van der Waals surface area contributed by atoms with Gasteiger partial charge in [0.25, 0.3) is 0 Å². The molecule has 35 heavy (non-hydrogen) atoms. The number of fused-ring (bicyclic) bond motifs is 1. The number of anilines is 1. The largest absolute Gasteiger partial charge is 0.326 e. The summed E-state index contributed by atoms with van der Waals surface area (Å²) in [7, 11) is -3.25. The van der Waals surface area contributed by atoms with E-state index in [1.54, 1.807) is 31.2 Å². The van der Waals surface area contributed by atoms with Crippen LogP contribution in [-0.4, -0.2) is 29.6 Å². The SMILES string of the molecule is CCCCn1c(-c2ccc(NC(=O)Cc3ccc(S(=O)(=O)CC)cc3)cc2)nc2ccc(C)cc21. The van der Waals surface area contributed by atoms with Crippen LogP contribution < -0.4 is 5.32 Å². The molecule has 0 aliphatic carbocycles. The van der Waals surface area contributed by atoms with Crippen molar-refractivity contribution >= 4 is 32.5 Å². The number of nitrogens with zero attached hydrogens (tertiary/aromatic N) is 2. The predicted molar refractivity (Wildman–Crippen MR) is 141 cm³/mol. The fraction of sp³-hybridized carbons (Fsp3) is 0.286. The highest BCUT2D eigenvalue weighted by atomic mass is 32.2. The molecule has 7 heteroatoms. The Morgan fingerprint density at radius 2 is 1.69 bits per heavy atom. The molecule has 0 unspecified atom stereocenters. The molecule has 0 saturated heterocycles. The normalized spacial score (nSPS) is 11.6. The molecule has 6 nitrogen and oxygen atoms in total. The van der Waals surface area contributed by atoms with Gasteiger partial charge < -0.3 is 9.88 Å². The van der Waals surface area contributed by atoms with Gasteiger partial charge in [0.1, 0.15) is 5.82 Å². The fourth-order valence-electron chi connectivity index (χ4n) is 4.07. The molecule has 1 heterocycles. The van der Waals surface area contributed by atoms with E-state index in [0.29, 0.717) is 5.69 Å². The van der Waals surface area contributed by atoms with Crippen LogP contribution in [0.15, 0.2) is 71.6 Å². The van der Waals surface area contributed by atoms with Crippen LogP contribution in [0, 0.1) is 6.92 Å². The number of hydrogen-bond donors (Lipinski definition) is 1. The molecule has 0 radical (unpaired) electrons. The molecule has 1 aromatic heterocycles. The summed E-state index contributed by atoms with van der Waals surface area (Å²) in [6.45, 7) is 6.80. The first kappa shape index (κ1) is 24.7. The summed E-state index contributed by atoms with van der Waals surface area (Å²) >= 11 is 0. The summed E-state index contributed by atoms with van der Waals surface area (Å²) in [4.78, 5) is 17.7. The minimum atomic E-state index is -3.25. The first-order chi connectivity index (χ1) is 16.8. The highest BCUT2D eigenvalue weighted by molar-refractivity contribution is 7.91. The summed E-state index contributed by atoms with van der Waals surface area (Å²) in [5, 5.41) is 2.92. The number of sulfone groups is 1. The summed E-state index contributed by atoms with van der Waals surface area (Å²) in [5.41, 5.74) is 5.80. The van der Waals surface area contributed by atoms with E-state index in [0.717, 1.165) is 47.4 Å². The van der Waals surface area contributed by atoms with E-state index in [9.17, 15) is 13.2 Å². The number of carbonyl (C=O) groups is 1. The van der Waals surface area contributed by atoms with E-state index in [4.69, 9.17) is 4.98 Å². The quantitative estimate of drug-likeness (QED) is 0.323. The molecular weight excluding hydrogens is 458 g/mol. The van der Waals surface area contributed by atoms with E-state index in [1.807, 2.05) is 24.3 Å². The number of amides is 1. The lowest BCUT2D eigenvalue weighted by atomic mass is 10.1. The number of hydrogen-bond acceptors (Lipinski definition) is 4. The number of unbranched alkanes of at least 4 members (excludes halogenated alkanes) is 1. The zero-order chi connectivity index (χ0) is 25.0. The molecule has 4 aromatic rings. The minimum absolute atomic E-state index is 0.0529. The van der Waals surface area contributed by atoms with Crippen LogP contribution in [0.5, 0.6) is 0 Å². The zero-order valence-corrected chi connectivity index (χ0v) is 21.2. The predicted octanol–water partition coefficient (Wildman–Crippen LogP) is 5.79. The zero-order valence-electron chi connectivity index (χ0n) is 20.4. The summed E-state index contributed by atoms with van der Waals surface area (Å²) in [5.74, 6) is 0.825. The molecule has 0 atom stereocenters. The van der Waals surface area contributed by atoms with Crippen molar-refractivity contribution in [3.8, 4) is 11.4 Å². The molecule has 0 fully saturated rings. The molecule has 0 spiro atoms. The first-order valence-electron chi connectivity index (χ1n) is 12.0. The van der Waals surface area contributed by atoms with Gasteiger partial charge in [-0.2, -0.15) is 0 Å². The average Bonchev–Trinajstić information content (AvgIpc) is 3.21. The van der Waals surface area contributed by atoms with Crippen molar-refractivity contribution < 1.29 is 13.2 Å². The molecule has 3 aromatic carbocycles. The van der Waals surface area contributed by atoms with Gasteiger partial charge in [0, 0.05) is 17.8 Å². The van der Waals surface area contributed by atoms with E-state index in [-0.39, 0.29) is 23.0 Å². The van der Waals surface area contributed by atoms with Gasteiger partial charge in [0.05, 0.1) is 28.1 Å². The van der Waals surface area contributed by atoms with Crippen LogP contribution in [0.4, 0.5) is 5.69 Å². The average molecular weight is 490 g/mol. The van der Waals surface area contributed by atoms with Crippen molar-refractivity contribution in [1.29, 1.82) is 0 Å². The molecule has 0 aliphatic rings. The van der Waals surface area contributed by atoms with Crippen molar-refractivity contribution in [3.63, 3.8) is 0 Å². The third-order valence-corrected chi connectivity index (χ3v) is 7.84. The van der Waals surface area contributed by atoms with Gasteiger partial charge in [0.2, 0.25) is 5.91 Å². The standard InChI is InChI=1S/C28H31N3O3S/c1-4-6-17-31-26-18-20(3)7-16-25(26)30-28(31)22-10-12-23(13-11-22)29-27(32)19-21-8-14-24(15-9-21)35(33,34)5-2/h7-16,18H,4-6,17,19H2,1-3H3,(H,29,32). The molecule has 0 aliphatic heterocycles. The smallest absolute Gasteiger partial charge is 0.228 e. The molecule has 0 saturated carbocycles. The van der Waals surface area contributed by atoms with Crippen LogP contribution in [0.2, 0.25) is 0 Å². The molecule has 4 rings (SSSR count). The highest BCUT2D eigenvalue weighted by Crippen LogP contribution is 2.27. The lowest BCUT2D eigenvalue weighted by molar-refractivity contribution is -0.115. The van der Waals surface area contributed by atoms with Crippen LogP contribution in [-0.2, 0) is 27.6 Å². The number of aryl methyl sites for hydroxylation is 2. The maximum atomic E-state index is 12.6. The van der Waals surface area contributed by atoms with Crippen molar-refractivity contribution in [2.24, 2.45) is 0 Å². The molecule has 1 amide bonds. The Morgan fingerprint density at radius 1 is 0.971 bits per heavy atom. The number of aromatic nitrogens is 2. The van der Waals surface area contributed by atoms with E-state index in [2.05, 4.69) is 41.9 Å². The summed E-state index contributed by atoms with van der Waals surface area (Å²) < 4.78 is 26.2. The Balaban J connectivity index is 1.48. The molecular formula is C28H31N3O3S. The number of carbonyl (C=O) groups excluding carboxylic acids is 1. The third-order valence-electron chi connectivity index (χ3n) is 6.09. The Hall–Kier alpha value is -3.45. The maximum absolute atomic E-state index is 12.6. The van der Waals surface area contributed by atoms with Gasteiger partial charge in [-0.05, 0) is 73.0 Å². The van der Waals surface area contributed by atoms with E-state index in [1.165, 1.54) is 5.56 Å². The number of rotatable bonds is 9.